The molecule has 0 fully saturated rings. The summed E-state index contributed by atoms with van der Waals surface area (Å²) in [7, 11) is 0. The minimum absolute atomic E-state index is 0.627. The predicted molar refractivity (Wildman–Crippen MR) is 208 cm³/mol. The molecule has 51 heavy (non-hydrogen) atoms. The van der Waals surface area contributed by atoms with Gasteiger partial charge in [-0.2, -0.15) is 0 Å². The van der Waals surface area contributed by atoms with Gasteiger partial charge in [-0.15, -0.1) is 0 Å². The molecule has 0 bridgehead atoms. The van der Waals surface area contributed by atoms with Crippen LogP contribution < -0.4 is 4.74 Å². The first kappa shape index (κ1) is 29.0. The fraction of sp³-hybridized carbons (Fsp3) is 0. The van der Waals surface area contributed by atoms with Gasteiger partial charge < -0.3 is 4.74 Å². The Bertz CT molecular complexity index is 2750. The standard InChI is InChI=1S/C47H29N3O/c1-2-10-34(11-3-1)45-48-46(50-47(49-45)36-25-21-32(22-26-36)39-16-6-12-31-9-4-5-15-38(31)39)35-23-19-30(20-24-35)37-27-28-40-41-17-7-13-33-14-8-18-42(44(33)41)51-43(40)29-37/h1-29H. The van der Waals surface area contributed by atoms with Gasteiger partial charge in [0.1, 0.15) is 11.5 Å². The van der Waals surface area contributed by atoms with Crippen molar-refractivity contribution in [2.24, 2.45) is 0 Å². The van der Waals surface area contributed by atoms with E-state index in [0.717, 1.165) is 55.8 Å². The number of fused-ring (bicyclic) bond motifs is 3. The van der Waals surface area contributed by atoms with E-state index in [1.165, 1.54) is 27.3 Å². The van der Waals surface area contributed by atoms with Crippen LogP contribution in [-0.4, -0.2) is 15.0 Å². The lowest BCUT2D eigenvalue weighted by molar-refractivity contribution is 0.487. The smallest absolute Gasteiger partial charge is 0.164 e. The quantitative estimate of drug-likeness (QED) is 0.186. The van der Waals surface area contributed by atoms with E-state index < -0.39 is 0 Å². The molecule has 10 rings (SSSR count). The minimum Gasteiger partial charge on any atom is -0.456 e. The molecule has 0 radical (unpaired) electrons. The molecule has 1 aliphatic rings. The zero-order valence-corrected chi connectivity index (χ0v) is 27.5. The molecule has 0 unspecified atom stereocenters. The van der Waals surface area contributed by atoms with Gasteiger partial charge in [-0.05, 0) is 62.2 Å². The van der Waals surface area contributed by atoms with Crippen LogP contribution in [0.4, 0.5) is 0 Å². The van der Waals surface area contributed by atoms with Crippen LogP contribution in [-0.2, 0) is 0 Å². The highest BCUT2D eigenvalue weighted by molar-refractivity contribution is 6.04. The van der Waals surface area contributed by atoms with Gasteiger partial charge in [0.15, 0.2) is 17.5 Å². The zero-order valence-electron chi connectivity index (χ0n) is 27.5. The van der Waals surface area contributed by atoms with E-state index in [0.29, 0.717) is 17.5 Å². The van der Waals surface area contributed by atoms with Crippen molar-refractivity contribution in [3.63, 3.8) is 0 Å². The molecule has 238 valence electrons. The van der Waals surface area contributed by atoms with Crippen molar-refractivity contribution in [2.45, 2.75) is 0 Å². The first-order chi connectivity index (χ1) is 25.2. The summed E-state index contributed by atoms with van der Waals surface area (Å²) in [6.07, 6.45) is 0. The highest BCUT2D eigenvalue weighted by Gasteiger charge is 2.20. The van der Waals surface area contributed by atoms with Crippen LogP contribution in [0.25, 0.3) is 89.1 Å². The monoisotopic (exact) mass is 651 g/mol. The number of aromatic nitrogens is 3. The summed E-state index contributed by atoms with van der Waals surface area (Å²) in [5.41, 5.74) is 9.63. The van der Waals surface area contributed by atoms with Crippen LogP contribution in [0.3, 0.4) is 0 Å². The van der Waals surface area contributed by atoms with Gasteiger partial charge in [0.05, 0.1) is 0 Å². The normalized spacial score (nSPS) is 11.7. The van der Waals surface area contributed by atoms with Crippen LogP contribution >= 0.6 is 0 Å². The van der Waals surface area contributed by atoms with Gasteiger partial charge >= 0.3 is 0 Å². The van der Waals surface area contributed by atoms with Crippen LogP contribution in [0.2, 0.25) is 0 Å². The highest BCUT2D eigenvalue weighted by Crippen LogP contribution is 2.47. The maximum atomic E-state index is 6.44. The third-order valence-electron chi connectivity index (χ3n) is 9.75. The number of rotatable bonds is 5. The highest BCUT2D eigenvalue weighted by atomic mass is 16.5. The summed E-state index contributed by atoms with van der Waals surface area (Å²) >= 11 is 0. The van der Waals surface area contributed by atoms with Crippen molar-refractivity contribution >= 4 is 21.5 Å². The first-order valence-corrected chi connectivity index (χ1v) is 17.1. The molecule has 8 aromatic carbocycles. The summed E-state index contributed by atoms with van der Waals surface area (Å²) < 4.78 is 6.44. The molecule has 0 atom stereocenters. The molecule has 0 N–H and O–H groups in total. The molecule has 0 saturated carbocycles. The summed E-state index contributed by atoms with van der Waals surface area (Å²) in [5.74, 6) is 3.66. The maximum absolute atomic E-state index is 6.44. The summed E-state index contributed by atoms with van der Waals surface area (Å²) in [6, 6.07) is 61.1. The van der Waals surface area contributed by atoms with Crippen molar-refractivity contribution in [2.75, 3.05) is 0 Å². The van der Waals surface area contributed by atoms with Crippen molar-refractivity contribution in [1.82, 2.24) is 15.0 Å². The number of hydrogen-bond acceptors (Lipinski definition) is 4. The third-order valence-corrected chi connectivity index (χ3v) is 9.75. The second kappa shape index (κ2) is 11.9. The Morgan fingerprint density at radius 3 is 1.57 bits per heavy atom. The van der Waals surface area contributed by atoms with E-state index in [2.05, 4.69) is 133 Å². The van der Waals surface area contributed by atoms with Gasteiger partial charge in [-0.1, -0.05) is 158 Å². The average molecular weight is 652 g/mol. The molecule has 9 aromatic rings. The summed E-state index contributed by atoms with van der Waals surface area (Å²) in [5, 5.41) is 4.81. The van der Waals surface area contributed by atoms with E-state index in [1.54, 1.807) is 0 Å². The molecule has 4 heteroatoms. The molecule has 0 aliphatic carbocycles. The molecule has 4 nitrogen and oxygen atoms in total. The Hall–Kier alpha value is -6.91. The lowest BCUT2D eigenvalue weighted by atomic mass is 9.93. The Balaban J connectivity index is 1.00. The van der Waals surface area contributed by atoms with Crippen LogP contribution in [0.1, 0.15) is 0 Å². The van der Waals surface area contributed by atoms with Gasteiger partial charge in [0.2, 0.25) is 0 Å². The Morgan fingerprint density at radius 1 is 0.314 bits per heavy atom. The van der Waals surface area contributed by atoms with E-state index in [4.69, 9.17) is 19.7 Å². The summed E-state index contributed by atoms with van der Waals surface area (Å²) in [4.78, 5) is 14.9. The number of hydrogen-bond donors (Lipinski definition) is 0. The van der Waals surface area contributed by atoms with Crippen molar-refractivity contribution in [1.29, 1.82) is 0 Å². The zero-order chi connectivity index (χ0) is 33.7. The molecule has 1 aromatic heterocycles. The lowest BCUT2D eigenvalue weighted by Gasteiger charge is -2.22. The molecule has 1 aliphatic heterocycles. The molecule has 2 heterocycles. The average Bonchev–Trinajstić information content (AvgIpc) is 3.21. The summed E-state index contributed by atoms with van der Waals surface area (Å²) in [6.45, 7) is 0. The minimum atomic E-state index is 0.627. The largest absolute Gasteiger partial charge is 0.456 e. The molecule has 0 spiro atoms. The van der Waals surface area contributed by atoms with Crippen molar-refractivity contribution < 1.29 is 4.74 Å². The predicted octanol–water partition coefficient (Wildman–Crippen LogP) is 12.3. The fourth-order valence-electron chi connectivity index (χ4n) is 7.18. The van der Waals surface area contributed by atoms with Crippen molar-refractivity contribution in [3.8, 4) is 79.0 Å². The van der Waals surface area contributed by atoms with E-state index in [9.17, 15) is 0 Å². The molecule has 0 saturated heterocycles. The van der Waals surface area contributed by atoms with Crippen LogP contribution in [0.5, 0.6) is 11.5 Å². The first-order valence-electron chi connectivity index (χ1n) is 17.1. The second-order valence-electron chi connectivity index (χ2n) is 12.8. The maximum Gasteiger partial charge on any atom is 0.164 e. The van der Waals surface area contributed by atoms with E-state index in [-0.39, 0.29) is 0 Å². The Kier molecular flexibility index (Phi) is 6.78. The van der Waals surface area contributed by atoms with Gasteiger partial charge in [0, 0.05) is 27.6 Å². The second-order valence-corrected chi connectivity index (χ2v) is 12.8. The number of benzene rings is 8. The lowest BCUT2D eigenvalue weighted by Crippen LogP contribution is -2.00. The van der Waals surface area contributed by atoms with E-state index in [1.807, 2.05) is 42.5 Å². The molecular weight excluding hydrogens is 623 g/mol. The van der Waals surface area contributed by atoms with Crippen LogP contribution in [0.15, 0.2) is 176 Å². The SMILES string of the molecule is c1ccc(-c2nc(-c3ccc(-c4ccc5c(c4)Oc4cccc6cccc-5c46)cc3)nc(-c3ccc(-c4cccc5ccccc45)cc3)n2)cc1. The fourth-order valence-corrected chi connectivity index (χ4v) is 7.18. The Morgan fingerprint density at radius 2 is 0.843 bits per heavy atom. The van der Waals surface area contributed by atoms with Crippen molar-refractivity contribution in [3.05, 3.63) is 176 Å². The number of nitrogens with zero attached hydrogens (tertiary/aromatic N) is 3. The van der Waals surface area contributed by atoms with Gasteiger partial charge in [0.25, 0.3) is 0 Å². The Labute approximate surface area is 295 Å². The van der Waals surface area contributed by atoms with Gasteiger partial charge in [-0.3, -0.25) is 0 Å². The van der Waals surface area contributed by atoms with Gasteiger partial charge in [-0.25, -0.2) is 15.0 Å². The van der Waals surface area contributed by atoms with Crippen LogP contribution in [0, 0.1) is 0 Å². The number of ether oxygens (including phenoxy) is 1. The molecule has 0 amide bonds. The molecular formula is C47H29N3O. The topological polar surface area (TPSA) is 47.9 Å². The van der Waals surface area contributed by atoms with E-state index >= 15 is 0 Å². The third kappa shape index (κ3) is 5.13.